The van der Waals surface area contributed by atoms with Gasteiger partial charge in [-0.15, -0.1) is 12.4 Å². The molecule has 0 radical (unpaired) electrons. The lowest BCUT2D eigenvalue weighted by atomic mass is 10.1. The smallest absolute Gasteiger partial charge is 0.265 e. The van der Waals surface area contributed by atoms with E-state index in [0.717, 1.165) is 6.07 Å². The summed E-state index contributed by atoms with van der Waals surface area (Å²) in [6.07, 6.45) is -0.891. The van der Waals surface area contributed by atoms with Crippen LogP contribution in [0.25, 0.3) is 0 Å². The molecule has 2 aromatic carbocycles. The van der Waals surface area contributed by atoms with Gasteiger partial charge in [0.2, 0.25) is 6.10 Å². The number of nitrogens with one attached hydrogen (secondary N) is 2. The standard InChI is InChI=1S/C19H22ClFN2O3.ClH/c1-25-12-11-22-9-10-23-19(24)18(14-5-3-2-4-6-14)26-17-8-7-15(21)13-16(17)20;/h2-8,13,18,22H,9-12H2,1H3,(H,23,24);1H. The number of halogens is 3. The second kappa shape index (κ2) is 12.5. The molecule has 1 amide bonds. The summed E-state index contributed by atoms with van der Waals surface area (Å²) in [5, 5.41) is 6.08. The highest BCUT2D eigenvalue weighted by Gasteiger charge is 2.23. The highest BCUT2D eigenvalue weighted by molar-refractivity contribution is 6.32. The summed E-state index contributed by atoms with van der Waals surface area (Å²) in [5.41, 5.74) is 0.678. The largest absolute Gasteiger partial charge is 0.474 e. The van der Waals surface area contributed by atoms with Crippen LogP contribution in [0.15, 0.2) is 48.5 Å². The number of amides is 1. The molecule has 0 aliphatic rings. The molecule has 5 nitrogen and oxygen atoms in total. The van der Waals surface area contributed by atoms with E-state index in [1.54, 1.807) is 19.2 Å². The van der Waals surface area contributed by atoms with Crippen LogP contribution in [-0.4, -0.2) is 39.3 Å². The van der Waals surface area contributed by atoms with Crippen molar-refractivity contribution in [1.82, 2.24) is 10.6 Å². The normalized spacial score (nSPS) is 11.4. The number of benzene rings is 2. The van der Waals surface area contributed by atoms with Crippen LogP contribution in [0.5, 0.6) is 5.75 Å². The van der Waals surface area contributed by atoms with Crippen LogP contribution in [-0.2, 0) is 9.53 Å². The minimum absolute atomic E-state index is 0. The Kier molecular flexibility index (Phi) is 10.7. The molecule has 1 atom stereocenters. The van der Waals surface area contributed by atoms with Gasteiger partial charge < -0.3 is 20.1 Å². The molecule has 2 N–H and O–H groups in total. The van der Waals surface area contributed by atoms with E-state index in [2.05, 4.69) is 10.6 Å². The number of methoxy groups -OCH3 is 1. The molecule has 0 saturated carbocycles. The Morgan fingerprint density at radius 3 is 2.56 bits per heavy atom. The SMILES string of the molecule is COCCNCCNC(=O)C(Oc1ccc(F)cc1Cl)c1ccccc1.Cl. The van der Waals surface area contributed by atoms with Crippen molar-refractivity contribution in [2.24, 2.45) is 0 Å². The number of hydrogen-bond acceptors (Lipinski definition) is 4. The summed E-state index contributed by atoms with van der Waals surface area (Å²) in [6, 6.07) is 12.9. The van der Waals surface area contributed by atoms with Crippen molar-refractivity contribution >= 4 is 29.9 Å². The van der Waals surface area contributed by atoms with Crippen molar-refractivity contribution in [2.75, 3.05) is 33.4 Å². The van der Waals surface area contributed by atoms with Gasteiger partial charge in [-0.05, 0) is 18.2 Å². The topological polar surface area (TPSA) is 59.6 Å². The third kappa shape index (κ3) is 7.72. The highest BCUT2D eigenvalue weighted by Crippen LogP contribution is 2.29. The fraction of sp³-hybridized carbons (Fsp3) is 0.316. The van der Waals surface area contributed by atoms with E-state index in [1.165, 1.54) is 12.1 Å². The van der Waals surface area contributed by atoms with Crippen LogP contribution >= 0.6 is 24.0 Å². The molecule has 0 bridgehead atoms. The first-order chi connectivity index (χ1) is 12.6. The molecular weight excluding hydrogens is 394 g/mol. The number of ether oxygens (including phenoxy) is 2. The molecule has 27 heavy (non-hydrogen) atoms. The quantitative estimate of drug-likeness (QED) is 0.582. The van der Waals surface area contributed by atoms with E-state index in [4.69, 9.17) is 21.1 Å². The van der Waals surface area contributed by atoms with Gasteiger partial charge >= 0.3 is 0 Å². The third-order valence-corrected chi connectivity index (χ3v) is 3.86. The minimum Gasteiger partial charge on any atom is -0.474 e. The van der Waals surface area contributed by atoms with Crippen LogP contribution in [0.2, 0.25) is 5.02 Å². The Balaban J connectivity index is 0.00000364. The molecule has 0 spiro atoms. The number of carbonyl (C=O) groups excluding carboxylic acids is 1. The molecular formula is C19H23Cl2FN2O3. The molecule has 1 unspecified atom stereocenters. The summed E-state index contributed by atoms with van der Waals surface area (Å²) in [7, 11) is 1.63. The van der Waals surface area contributed by atoms with E-state index in [0.29, 0.717) is 31.8 Å². The molecule has 2 aromatic rings. The van der Waals surface area contributed by atoms with Gasteiger partial charge in [0.15, 0.2) is 0 Å². The molecule has 0 heterocycles. The Hall–Kier alpha value is -1.86. The zero-order valence-corrected chi connectivity index (χ0v) is 16.5. The Morgan fingerprint density at radius 2 is 1.89 bits per heavy atom. The van der Waals surface area contributed by atoms with Crippen molar-refractivity contribution in [3.05, 3.63) is 64.9 Å². The van der Waals surface area contributed by atoms with Crippen LogP contribution in [0, 0.1) is 5.82 Å². The summed E-state index contributed by atoms with van der Waals surface area (Å²) >= 11 is 6.02. The predicted molar refractivity (Wildman–Crippen MR) is 106 cm³/mol. The maximum atomic E-state index is 13.2. The Bertz CT molecular complexity index is 705. The fourth-order valence-electron chi connectivity index (χ4n) is 2.26. The lowest BCUT2D eigenvalue weighted by Crippen LogP contribution is -2.37. The number of carbonyl (C=O) groups is 1. The van der Waals surface area contributed by atoms with Crippen LogP contribution in [0.4, 0.5) is 4.39 Å². The van der Waals surface area contributed by atoms with Gasteiger partial charge in [0.1, 0.15) is 11.6 Å². The highest BCUT2D eigenvalue weighted by atomic mass is 35.5. The molecule has 0 fully saturated rings. The van der Waals surface area contributed by atoms with Crippen molar-refractivity contribution in [3.8, 4) is 5.75 Å². The van der Waals surface area contributed by atoms with Crippen LogP contribution in [0.1, 0.15) is 11.7 Å². The van der Waals surface area contributed by atoms with Crippen LogP contribution < -0.4 is 15.4 Å². The van der Waals surface area contributed by atoms with E-state index in [-0.39, 0.29) is 29.1 Å². The monoisotopic (exact) mass is 416 g/mol. The molecule has 148 valence electrons. The summed E-state index contributed by atoms with van der Waals surface area (Å²) in [5.74, 6) is -0.523. The Labute approximate surface area is 169 Å². The van der Waals surface area contributed by atoms with E-state index in [9.17, 15) is 9.18 Å². The first-order valence-electron chi connectivity index (χ1n) is 8.26. The van der Waals surface area contributed by atoms with E-state index in [1.807, 2.05) is 18.2 Å². The molecule has 0 aliphatic heterocycles. The summed E-state index contributed by atoms with van der Waals surface area (Å²) < 4.78 is 24.0. The second-order valence-electron chi connectivity index (χ2n) is 5.52. The second-order valence-corrected chi connectivity index (χ2v) is 5.92. The third-order valence-electron chi connectivity index (χ3n) is 3.56. The average molecular weight is 417 g/mol. The minimum atomic E-state index is -0.891. The van der Waals surface area contributed by atoms with E-state index >= 15 is 0 Å². The molecule has 0 saturated heterocycles. The lowest BCUT2D eigenvalue weighted by Gasteiger charge is -2.20. The summed E-state index contributed by atoms with van der Waals surface area (Å²) in [6.45, 7) is 2.35. The maximum absolute atomic E-state index is 13.2. The van der Waals surface area contributed by atoms with Gasteiger partial charge in [0.25, 0.3) is 5.91 Å². The molecule has 0 aromatic heterocycles. The fourth-order valence-corrected chi connectivity index (χ4v) is 2.48. The number of rotatable bonds is 10. The molecule has 8 heteroatoms. The van der Waals surface area contributed by atoms with Crippen LogP contribution in [0.3, 0.4) is 0 Å². The molecule has 2 rings (SSSR count). The molecule has 0 aliphatic carbocycles. The summed E-state index contributed by atoms with van der Waals surface area (Å²) in [4.78, 5) is 12.6. The van der Waals surface area contributed by atoms with Crippen molar-refractivity contribution in [1.29, 1.82) is 0 Å². The first kappa shape index (κ1) is 23.2. The zero-order chi connectivity index (χ0) is 18.8. The predicted octanol–water partition coefficient (Wildman–Crippen LogP) is 3.37. The van der Waals surface area contributed by atoms with Gasteiger partial charge in [0, 0.05) is 32.3 Å². The Morgan fingerprint density at radius 1 is 1.15 bits per heavy atom. The van der Waals surface area contributed by atoms with Crippen molar-refractivity contribution in [3.63, 3.8) is 0 Å². The maximum Gasteiger partial charge on any atom is 0.265 e. The van der Waals surface area contributed by atoms with Gasteiger partial charge in [-0.1, -0.05) is 41.9 Å². The van der Waals surface area contributed by atoms with Crippen molar-refractivity contribution in [2.45, 2.75) is 6.10 Å². The number of hydrogen-bond donors (Lipinski definition) is 2. The average Bonchev–Trinajstić information content (AvgIpc) is 2.64. The van der Waals surface area contributed by atoms with Gasteiger partial charge in [-0.25, -0.2) is 4.39 Å². The lowest BCUT2D eigenvalue weighted by molar-refractivity contribution is -0.128. The zero-order valence-electron chi connectivity index (χ0n) is 14.9. The first-order valence-corrected chi connectivity index (χ1v) is 8.63. The van der Waals surface area contributed by atoms with Gasteiger partial charge in [-0.2, -0.15) is 0 Å². The van der Waals surface area contributed by atoms with Gasteiger partial charge in [0.05, 0.1) is 11.6 Å². The van der Waals surface area contributed by atoms with Crippen molar-refractivity contribution < 1.29 is 18.7 Å². The van der Waals surface area contributed by atoms with E-state index < -0.39 is 11.9 Å². The van der Waals surface area contributed by atoms with Gasteiger partial charge in [-0.3, -0.25) is 4.79 Å².